The molecule has 1 aromatic carbocycles. The number of hydrogen-bond donors (Lipinski definition) is 1. The van der Waals surface area contributed by atoms with Crippen LogP contribution in [0.4, 0.5) is 0 Å². The molecule has 0 radical (unpaired) electrons. The van der Waals surface area contributed by atoms with Crippen LogP contribution < -0.4 is 0 Å². The van der Waals surface area contributed by atoms with Crippen LogP contribution in [-0.4, -0.2) is 38.1 Å². The van der Waals surface area contributed by atoms with Gasteiger partial charge in [0.15, 0.2) is 9.84 Å². The van der Waals surface area contributed by atoms with Gasteiger partial charge in [0.25, 0.3) is 0 Å². The average Bonchev–Trinajstić information content (AvgIpc) is 2.57. The van der Waals surface area contributed by atoms with Gasteiger partial charge in [-0.1, -0.05) is 13.3 Å². The monoisotopic (exact) mass is 340 g/mol. The fourth-order valence-corrected chi connectivity index (χ4v) is 3.87. The van der Waals surface area contributed by atoms with Crippen LogP contribution in [0.15, 0.2) is 23.1 Å². The van der Waals surface area contributed by atoms with Crippen molar-refractivity contribution in [1.82, 2.24) is 0 Å². The highest BCUT2D eigenvalue weighted by Gasteiger charge is 2.53. The normalized spacial score (nSPS) is 24.1. The van der Waals surface area contributed by atoms with Crippen molar-refractivity contribution in [1.29, 1.82) is 0 Å². The van der Waals surface area contributed by atoms with E-state index in [1.807, 2.05) is 20.8 Å². The van der Waals surface area contributed by atoms with Crippen molar-refractivity contribution >= 4 is 17.0 Å². The maximum atomic E-state index is 12.0. The van der Waals surface area contributed by atoms with Crippen LogP contribution in [0.3, 0.4) is 0 Å². The van der Waals surface area contributed by atoms with E-state index in [0.717, 1.165) is 12.7 Å². The predicted octanol–water partition coefficient (Wildman–Crippen LogP) is 2.82. The van der Waals surface area contributed by atoms with Gasteiger partial charge in [0.05, 0.1) is 16.1 Å². The molecule has 0 aliphatic carbocycles. The maximum absolute atomic E-state index is 12.0. The van der Waals surface area contributed by atoms with Gasteiger partial charge in [-0.15, -0.1) is 0 Å². The van der Waals surface area contributed by atoms with Gasteiger partial charge in [-0.25, -0.2) is 8.42 Å². The van der Waals surface area contributed by atoms with E-state index < -0.39 is 21.0 Å². The molecule has 1 unspecified atom stereocenters. The van der Waals surface area contributed by atoms with Crippen molar-refractivity contribution in [3.8, 4) is 5.75 Å². The van der Waals surface area contributed by atoms with Crippen molar-refractivity contribution in [2.75, 3.05) is 6.26 Å². The first-order chi connectivity index (χ1) is 10.5. The summed E-state index contributed by atoms with van der Waals surface area (Å²) in [5.74, 6) is 0.0397. The van der Waals surface area contributed by atoms with Crippen LogP contribution in [0.2, 0.25) is 6.32 Å². The molecule has 1 aliphatic heterocycles. The lowest BCUT2D eigenvalue weighted by molar-refractivity contribution is -0.00922. The third kappa shape index (κ3) is 3.73. The molecule has 0 aromatic heterocycles. The van der Waals surface area contributed by atoms with Gasteiger partial charge in [-0.05, 0) is 50.9 Å². The molecule has 1 N–H and O–H groups in total. The Balaban J connectivity index is 2.40. The third-order valence-electron chi connectivity index (χ3n) is 4.59. The lowest BCUT2D eigenvalue weighted by Gasteiger charge is -2.37. The molecule has 0 saturated carbocycles. The highest BCUT2D eigenvalue weighted by Crippen LogP contribution is 2.42. The van der Waals surface area contributed by atoms with Gasteiger partial charge in [0, 0.05) is 12.7 Å². The topological polar surface area (TPSA) is 72.8 Å². The summed E-state index contributed by atoms with van der Waals surface area (Å²) in [6, 6.07) is 4.32. The van der Waals surface area contributed by atoms with E-state index in [2.05, 4.69) is 6.92 Å². The minimum absolute atomic E-state index is 0.0397. The van der Waals surface area contributed by atoms with E-state index in [0.29, 0.717) is 12.0 Å². The van der Waals surface area contributed by atoms with E-state index in [4.69, 9.17) is 9.31 Å². The van der Waals surface area contributed by atoms with Gasteiger partial charge in [0.1, 0.15) is 5.75 Å². The van der Waals surface area contributed by atoms with E-state index >= 15 is 0 Å². The molecule has 1 fully saturated rings. The van der Waals surface area contributed by atoms with Gasteiger partial charge < -0.3 is 14.4 Å². The molecule has 0 bridgehead atoms. The number of benzene rings is 1. The van der Waals surface area contributed by atoms with Crippen molar-refractivity contribution in [2.45, 2.75) is 63.0 Å². The molecule has 7 heteroatoms. The highest BCUT2D eigenvalue weighted by molar-refractivity contribution is 7.90. The largest absolute Gasteiger partial charge is 0.508 e. The van der Waals surface area contributed by atoms with E-state index in [9.17, 15) is 13.5 Å². The predicted molar refractivity (Wildman–Crippen MR) is 90.4 cm³/mol. The molecule has 128 valence electrons. The first-order valence-electron chi connectivity index (χ1n) is 7.86. The van der Waals surface area contributed by atoms with E-state index in [1.165, 1.54) is 24.5 Å². The Hall–Kier alpha value is -1.05. The maximum Gasteiger partial charge on any atom is 0.457 e. The lowest BCUT2D eigenvalue weighted by Crippen LogP contribution is -2.46. The molecule has 0 spiro atoms. The van der Waals surface area contributed by atoms with E-state index in [-0.39, 0.29) is 17.8 Å². The summed E-state index contributed by atoms with van der Waals surface area (Å²) in [7, 11) is -3.68. The fourth-order valence-electron chi connectivity index (χ4n) is 2.95. The average molecular weight is 340 g/mol. The molecule has 5 nitrogen and oxygen atoms in total. The summed E-state index contributed by atoms with van der Waals surface area (Å²) in [6.45, 7) is 7.89. The highest BCUT2D eigenvalue weighted by atomic mass is 32.2. The van der Waals surface area contributed by atoms with Gasteiger partial charge >= 0.3 is 7.12 Å². The Bertz CT molecular complexity index is 686. The molecule has 0 amide bonds. The fraction of sp³-hybridized carbons (Fsp3) is 0.625. The summed E-state index contributed by atoms with van der Waals surface area (Å²) < 4.78 is 36.2. The summed E-state index contributed by atoms with van der Waals surface area (Å²) in [4.78, 5) is 0.217. The third-order valence-corrected chi connectivity index (χ3v) is 5.78. The number of hydrogen-bond acceptors (Lipinski definition) is 5. The zero-order valence-electron chi connectivity index (χ0n) is 14.4. The van der Waals surface area contributed by atoms with Crippen LogP contribution in [0, 0.1) is 0 Å². The van der Waals surface area contributed by atoms with Crippen LogP contribution in [0.5, 0.6) is 5.75 Å². The van der Waals surface area contributed by atoms with Gasteiger partial charge in [-0.3, -0.25) is 0 Å². The molecule has 1 aliphatic rings. The second-order valence-electron chi connectivity index (χ2n) is 6.94. The molecule has 23 heavy (non-hydrogen) atoms. The number of aromatic hydroxyl groups is 1. The molecule has 1 saturated heterocycles. The first-order valence-corrected chi connectivity index (χ1v) is 9.75. The SMILES string of the molecule is CCCB1OC(C)(C)C(C)(Cc2cc(O)ccc2S(C)(=O)=O)O1. The molecule has 2 rings (SSSR count). The zero-order valence-corrected chi connectivity index (χ0v) is 15.2. The van der Waals surface area contributed by atoms with Crippen molar-refractivity contribution in [3.05, 3.63) is 23.8 Å². The molecule has 1 atom stereocenters. The van der Waals surface area contributed by atoms with Crippen LogP contribution >= 0.6 is 0 Å². The molecular formula is C16H25BO5S. The van der Waals surface area contributed by atoms with Gasteiger partial charge in [-0.2, -0.15) is 0 Å². The second kappa shape index (κ2) is 6.11. The lowest BCUT2D eigenvalue weighted by atomic mass is 9.82. The number of sulfone groups is 1. The Labute approximate surface area is 139 Å². The quantitative estimate of drug-likeness (QED) is 0.835. The van der Waals surface area contributed by atoms with Gasteiger partial charge in [0.2, 0.25) is 0 Å². The minimum atomic E-state index is -3.39. The smallest absolute Gasteiger partial charge is 0.457 e. The van der Waals surface area contributed by atoms with Crippen LogP contribution in [0.25, 0.3) is 0 Å². The number of rotatable bonds is 5. The molecule has 1 heterocycles. The Morgan fingerprint density at radius 1 is 1.22 bits per heavy atom. The van der Waals surface area contributed by atoms with E-state index in [1.54, 1.807) is 0 Å². The number of phenolic OH excluding ortho intramolecular Hbond substituents is 1. The Morgan fingerprint density at radius 2 is 1.87 bits per heavy atom. The zero-order chi connectivity index (χ0) is 17.5. The van der Waals surface area contributed by atoms with Crippen molar-refractivity contribution < 1.29 is 22.8 Å². The van der Waals surface area contributed by atoms with Crippen LogP contribution in [0.1, 0.15) is 39.7 Å². The first kappa shape index (κ1) is 18.3. The Kier molecular flexibility index (Phi) is 4.86. The Morgan fingerprint density at radius 3 is 2.43 bits per heavy atom. The van der Waals surface area contributed by atoms with Crippen molar-refractivity contribution in [3.63, 3.8) is 0 Å². The standard InChI is InChI=1S/C16H25BO5S/c1-6-9-17-21-15(2,3)16(4,22-17)11-12-10-13(18)7-8-14(12)23(5,19)20/h7-8,10,18H,6,9,11H2,1-5H3. The summed E-state index contributed by atoms with van der Waals surface area (Å²) in [5, 5.41) is 9.76. The minimum Gasteiger partial charge on any atom is -0.508 e. The summed E-state index contributed by atoms with van der Waals surface area (Å²) >= 11 is 0. The summed E-state index contributed by atoms with van der Waals surface area (Å²) in [6.07, 6.45) is 3.24. The molecular weight excluding hydrogens is 315 g/mol. The number of phenols is 1. The second-order valence-corrected chi connectivity index (χ2v) is 8.92. The molecule has 1 aromatic rings. The summed E-state index contributed by atoms with van der Waals surface area (Å²) in [5.41, 5.74) is -0.698. The van der Waals surface area contributed by atoms with Crippen molar-refractivity contribution in [2.24, 2.45) is 0 Å². The van der Waals surface area contributed by atoms with Crippen LogP contribution in [-0.2, 0) is 25.6 Å².